The summed E-state index contributed by atoms with van der Waals surface area (Å²) < 4.78 is 0. The second-order valence-electron chi connectivity index (χ2n) is 2.46. The molecule has 0 aliphatic rings. The summed E-state index contributed by atoms with van der Waals surface area (Å²) in [5, 5.41) is 3.98. The first kappa shape index (κ1) is 9.62. The molecule has 0 aliphatic heterocycles. The molecule has 0 saturated carbocycles. The fourth-order valence-electron chi connectivity index (χ4n) is 0.985. The maximum atomic E-state index is 5.86. The van der Waals surface area contributed by atoms with Crippen LogP contribution in [0.1, 0.15) is 12.5 Å². The standard InChI is InChI=1S/C8H10Cl2N2/c1-3-11-7-5(2)4-6(9)12-8(7)10/h4,11H,3H2,1-2H3. The van der Waals surface area contributed by atoms with Gasteiger partial charge in [-0.2, -0.15) is 0 Å². The zero-order chi connectivity index (χ0) is 9.14. The zero-order valence-electron chi connectivity index (χ0n) is 6.99. The first-order valence-electron chi connectivity index (χ1n) is 3.71. The third-order valence-corrected chi connectivity index (χ3v) is 1.96. The van der Waals surface area contributed by atoms with Gasteiger partial charge < -0.3 is 5.32 Å². The van der Waals surface area contributed by atoms with E-state index in [1.165, 1.54) is 0 Å². The lowest BCUT2D eigenvalue weighted by Gasteiger charge is -2.08. The predicted molar refractivity (Wildman–Crippen MR) is 53.2 cm³/mol. The van der Waals surface area contributed by atoms with Crippen LogP contribution in [0.5, 0.6) is 0 Å². The summed E-state index contributed by atoms with van der Waals surface area (Å²) in [6, 6.07) is 1.78. The molecule has 0 amide bonds. The van der Waals surface area contributed by atoms with Gasteiger partial charge in [-0.25, -0.2) is 4.98 Å². The number of rotatable bonds is 2. The van der Waals surface area contributed by atoms with Gasteiger partial charge in [0.15, 0.2) is 5.15 Å². The number of nitrogens with one attached hydrogen (secondary N) is 1. The van der Waals surface area contributed by atoms with Gasteiger partial charge in [-0.1, -0.05) is 23.2 Å². The monoisotopic (exact) mass is 204 g/mol. The van der Waals surface area contributed by atoms with Crippen LogP contribution < -0.4 is 5.32 Å². The molecule has 12 heavy (non-hydrogen) atoms. The van der Waals surface area contributed by atoms with E-state index >= 15 is 0 Å². The fraction of sp³-hybridized carbons (Fsp3) is 0.375. The van der Waals surface area contributed by atoms with Gasteiger partial charge >= 0.3 is 0 Å². The number of hydrogen-bond donors (Lipinski definition) is 1. The Morgan fingerprint density at radius 2 is 2.17 bits per heavy atom. The third kappa shape index (κ3) is 2.02. The van der Waals surface area contributed by atoms with E-state index in [1.807, 2.05) is 13.8 Å². The summed E-state index contributed by atoms with van der Waals surface area (Å²) in [6.07, 6.45) is 0. The van der Waals surface area contributed by atoms with Gasteiger partial charge in [-0.15, -0.1) is 0 Å². The Bertz CT molecular complexity index is 263. The molecule has 0 aromatic carbocycles. The fourth-order valence-corrected chi connectivity index (χ4v) is 1.58. The molecule has 0 aliphatic carbocycles. The highest BCUT2D eigenvalue weighted by molar-refractivity contribution is 6.34. The average molecular weight is 205 g/mol. The SMILES string of the molecule is CCNc1c(C)cc(Cl)nc1Cl. The number of halogens is 2. The molecule has 0 radical (unpaired) electrons. The van der Waals surface area contributed by atoms with Crippen molar-refractivity contribution in [3.8, 4) is 0 Å². The van der Waals surface area contributed by atoms with Gasteiger partial charge in [0.1, 0.15) is 5.15 Å². The Labute approximate surface area is 81.9 Å². The molecule has 1 aromatic rings. The Morgan fingerprint density at radius 3 is 2.67 bits per heavy atom. The second-order valence-corrected chi connectivity index (χ2v) is 3.20. The van der Waals surface area contributed by atoms with E-state index in [-0.39, 0.29) is 0 Å². The molecule has 0 spiro atoms. The number of aryl methyl sites for hydroxylation is 1. The predicted octanol–water partition coefficient (Wildman–Crippen LogP) is 3.13. The molecular weight excluding hydrogens is 195 g/mol. The maximum absolute atomic E-state index is 5.86. The van der Waals surface area contributed by atoms with Crippen molar-refractivity contribution in [3.05, 3.63) is 21.9 Å². The highest BCUT2D eigenvalue weighted by atomic mass is 35.5. The van der Waals surface area contributed by atoms with Gasteiger partial charge in [0.2, 0.25) is 0 Å². The Kier molecular flexibility index (Phi) is 3.18. The largest absolute Gasteiger partial charge is 0.383 e. The average Bonchev–Trinajstić information content (AvgIpc) is 1.96. The highest BCUT2D eigenvalue weighted by Gasteiger charge is 2.05. The zero-order valence-corrected chi connectivity index (χ0v) is 8.50. The molecule has 4 heteroatoms. The van der Waals surface area contributed by atoms with Crippen LogP contribution in [0.15, 0.2) is 6.07 Å². The molecule has 0 fully saturated rings. The molecule has 1 N–H and O–H groups in total. The van der Waals surface area contributed by atoms with Crippen LogP contribution >= 0.6 is 23.2 Å². The lowest BCUT2D eigenvalue weighted by atomic mass is 10.2. The molecular formula is C8H10Cl2N2. The highest BCUT2D eigenvalue weighted by Crippen LogP contribution is 2.25. The first-order chi connectivity index (χ1) is 5.65. The molecule has 2 nitrogen and oxygen atoms in total. The minimum absolute atomic E-state index is 0.430. The topological polar surface area (TPSA) is 24.9 Å². The van der Waals surface area contributed by atoms with Crippen LogP contribution in [0.4, 0.5) is 5.69 Å². The van der Waals surface area contributed by atoms with Crippen LogP contribution in [0.25, 0.3) is 0 Å². The molecule has 1 aromatic heterocycles. The van der Waals surface area contributed by atoms with Crippen molar-refractivity contribution < 1.29 is 0 Å². The lowest BCUT2D eigenvalue weighted by Crippen LogP contribution is -2.00. The normalized spacial score (nSPS) is 10.0. The quantitative estimate of drug-likeness (QED) is 0.750. The van der Waals surface area contributed by atoms with Crippen molar-refractivity contribution in [3.63, 3.8) is 0 Å². The molecule has 1 heterocycles. The summed E-state index contributed by atoms with van der Waals surface area (Å²) in [7, 11) is 0. The van der Waals surface area contributed by atoms with Crippen LogP contribution in [0.3, 0.4) is 0 Å². The van der Waals surface area contributed by atoms with Gasteiger partial charge in [0, 0.05) is 6.54 Å². The van der Waals surface area contributed by atoms with Gasteiger partial charge in [-0.3, -0.25) is 0 Å². The van der Waals surface area contributed by atoms with Crippen molar-refractivity contribution in [1.82, 2.24) is 4.98 Å². The van der Waals surface area contributed by atoms with E-state index in [4.69, 9.17) is 23.2 Å². The summed E-state index contributed by atoms with van der Waals surface area (Å²) in [6.45, 7) is 4.77. The number of nitrogens with zero attached hydrogens (tertiary/aromatic N) is 1. The minimum Gasteiger partial charge on any atom is -0.383 e. The number of anilines is 1. The number of hydrogen-bond acceptors (Lipinski definition) is 2. The number of aromatic nitrogens is 1. The van der Waals surface area contributed by atoms with Gasteiger partial charge in [0.05, 0.1) is 5.69 Å². The van der Waals surface area contributed by atoms with Crippen LogP contribution in [0, 0.1) is 6.92 Å². The van der Waals surface area contributed by atoms with Crippen molar-refractivity contribution >= 4 is 28.9 Å². The molecule has 66 valence electrons. The molecule has 0 unspecified atom stereocenters. The van der Waals surface area contributed by atoms with Crippen molar-refractivity contribution in [1.29, 1.82) is 0 Å². The van der Waals surface area contributed by atoms with Crippen molar-refractivity contribution in [2.75, 3.05) is 11.9 Å². The van der Waals surface area contributed by atoms with Crippen LogP contribution in [-0.4, -0.2) is 11.5 Å². The molecule has 0 bridgehead atoms. The summed E-state index contributed by atoms with van der Waals surface area (Å²) in [4.78, 5) is 3.92. The maximum Gasteiger partial charge on any atom is 0.154 e. The summed E-state index contributed by atoms with van der Waals surface area (Å²) in [5.41, 5.74) is 1.88. The van der Waals surface area contributed by atoms with Crippen LogP contribution in [0.2, 0.25) is 10.3 Å². The second kappa shape index (κ2) is 3.97. The summed E-state index contributed by atoms with van der Waals surface area (Å²) in [5.74, 6) is 0. The van der Waals surface area contributed by atoms with Crippen molar-refractivity contribution in [2.45, 2.75) is 13.8 Å². The summed E-state index contributed by atoms with van der Waals surface area (Å²) >= 11 is 11.6. The van der Waals surface area contributed by atoms with Crippen molar-refractivity contribution in [2.24, 2.45) is 0 Å². The molecule has 1 rings (SSSR count). The van der Waals surface area contributed by atoms with E-state index < -0.39 is 0 Å². The molecule has 0 saturated heterocycles. The van der Waals surface area contributed by atoms with E-state index in [1.54, 1.807) is 6.07 Å². The van der Waals surface area contributed by atoms with Crippen LogP contribution in [-0.2, 0) is 0 Å². The number of pyridine rings is 1. The molecule has 0 atom stereocenters. The van der Waals surface area contributed by atoms with E-state index in [2.05, 4.69) is 10.3 Å². The van der Waals surface area contributed by atoms with E-state index in [9.17, 15) is 0 Å². The van der Waals surface area contributed by atoms with E-state index in [0.717, 1.165) is 17.8 Å². The Hall–Kier alpha value is -0.470. The van der Waals surface area contributed by atoms with E-state index in [0.29, 0.717) is 10.3 Å². The first-order valence-corrected chi connectivity index (χ1v) is 4.47. The lowest BCUT2D eigenvalue weighted by molar-refractivity contribution is 1.17. The van der Waals surface area contributed by atoms with Gasteiger partial charge in [0.25, 0.3) is 0 Å². The minimum atomic E-state index is 0.430. The Morgan fingerprint density at radius 1 is 1.50 bits per heavy atom. The third-order valence-electron chi connectivity index (χ3n) is 1.49. The smallest absolute Gasteiger partial charge is 0.154 e. The Balaban J connectivity index is 3.10. The van der Waals surface area contributed by atoms with Gasteiger partial charge in [-0.05, 0) is 25.5 Å².